The van der Waals surface area contributed by atoms with Crippen LogP contribution in [0.4, 0.5) is 5.69 Å². The van der Waals surface area contributed by atoms with Gasteiger partial charge >= 0.3 is 0 Å². The van der Waals surface area contributed by atoms with Gasteiger partial charge in [0.1, 0.15) is 0 Å². The first-order valence-electron chi connectivity index (χ1n) is 5.85. The molecule has 0 fully saturated rings. The Balaban J connectivity index is 2.01. The summed E-state index contributed by atoms with van der Waals surface area (Å²) in [5.74, 6) is -0.0850. The van der Waals surface area contributed by atoms with Crippen LogP contribution in [-0.2, 0) is 6.54 Å². The first-order chi connectivity index (χ1) is 8.66. The van der Waals surface area contributed by atoms with Crippen LogP contribution in [-0.4, -0.2) is 5.91 Å². The quantitative estimate of drug-likeness (QED) is 0.810. The Hall–Kier alpha value is -2.29. The van der Waals surface area contributed by atoms with E-state index in [9.17, 15) is 4.79 Å². The van der Waals surface area contributed by atoms with Crippen molar-refractivity contribution in [2.24, 2.45) is 0 Å². The van der Waals surface area contributed by atoms with Gasteiger partial charge in [-0.3, -0.25) is 4.79 Å². The summed E-state index contributed by atoms with van der Waals surface area (Å²) in [7, 11) is 0. The molecule has 0 heterocycles. The van der Waals surface area contributed by atoms with Crippen LogP contribution in [0.1, 0.15) is 21.5 Å². The molecule has 2 rings (SSSR count). The number of rotatable bonds is 3. The molecule has 0 radical (unpaired) electrons. The summed E-state index contributed by atoms with van der Waals surface area (Å²) in [6.45, 7) is 2.57. The number of benzene rings is 2. The Morgan fingerprint density at radius 3 is 2.44 bits per heavy atom. The molecule has 18 heavy (non-hydrogen) atoms. The maximum absolute atomic E-state index is 11.9. The number of hydrogen-bond acceptors (Lipinski definition) is 2. The number of amides is 1. The summed E-state index contributed by atoms with van der Waals surface area (Å²) < 4.78 is 0. The first kappa shape index (κ1) is 12.2. The van der Waals surface area contributed by atoms with E-state index in [1.807, 2.05) is 31.2 Å². The van der Waals surface area contributed by atoms with Gasteiger partial charge < -0.3 is 11.1 Å². The van der Waals surface area contributed by atoms with E-state index in [-0.39, 0.29) is 5.91 Å². The second kappa shape index (κ2) is 5.36. The summed E-state index contributed by atoms with van der Waals surface area (Å²) >= 11 is 0. The van der Waals surface area contributed by atoms with Crippen LogP contribution in [0, 0.1) is 6.92 Å². The number of aryl methyl sites for hydroxylation is 1. The predicted octanol–water partition coefficient (Wildman–Crippen LogP) is 2.51. The molecule has 0 saturated heterocycles. The van der Waals surface area contributed by atoms with Crippen molar-refractivity contribution < 1.29 is 4.79 Å². The fraction of sp³-hybridized carbons (Fsp3) is 0.133. The molecule has 0 unspecified atom stereocenters. The average molecular weight is 240 g/mol. The van der Waals surface area contributed by atoms with Crippen molar-refractivity contribution in [2.45, 2.75) is 13.5 Å². The van der Waals surface area contributed by atoms with E-state index < -0.39 is 0 Å². The Kier molecular flexibility index (Phi) is 3.63. The van der Waals surface area contributed by atoms with Gasteiger partial charge in [-0.2, -0.15) is 0 Å². The topological polar surface area (TPSA) is 55.1 Å². The largest absolute Gasteiger partial charge is 0.399 e. The van der Waals surface area contributed by atoms with E-state index >= 15 is 0 Å². The van der Waals surface area contributed by atoms with Gasteiger partial charge in [0.2, 0.25) is 0 Å². The fourth-order valence-electron chi connectivity index (χ4n) is 1.72. The average Bonchev–Trinajstić information content (AvgIpc) is 2.38. The third-order valence-corrected chi connectivity index (χ3v) is 2.87. The number of nitrogens with two attached hydrogens (primary N) is 1. The van der Waals surface area contributed by atoms with Gasteiger partial charge in [-0.1, -0.05) is 24.3 Å². The van der Waals surface area contributed by atoms with E-state index in [2.05, 4.69) is 5.32 Å². The second-order valence-corrected chi connectivity index (χ2v) is 4.23. The van der Waals surface area contributed by atoms with Crippen LogP contribution in [0.15, 0.2) is 48.5 Å². The highest BCUT2D eigenvalue weighted by Crippen LogP contribution is 2.08. The van der Waals surface area contributed by atoms with Crippen molar-refractivity contribution in [1.29, 1.82) is 0 Å². The van der Waals surface area contributed by atoms with Crippen LogP contribution < -0.4 is 11.1 Å². The van der Waals surface area contributed by atoms with Gasteiger partial charge in [-0.05, 0) is 42.3 Å². The molecule has 2 aromatic carbocycles. The molecule has 0 spiro atoms. The molecule has 92 valence electrons. The molecule has 1 amide bonds. The summed E-state index contributed by atoms with van der Waals surface area (Å²) in [6.07, 6.45) is 0. The van der Waals surface area contributed by atoms with E-state index in [0.29, 0.717) is 17.8 Å². The Morgan fingerprint density at radius 1 is 1.11 bits per heavy atom. The second-order valence-electron chi connectivity index (χ2n) is 4.23. The van der Waals surface area contributed by atoms with Crippen LogP contribution in [0.5, 0.6) is 0 Å². The summed E-state index contributed by atoms with van der Waals surface area (Å²) in [5, 5.41) is 2.90. The molecule has 0 bridgehead atoms. The predicted molar refractivity (Wildman–Crippen MR) is 73.2 cm³/mol. The van der Waals surface area contributed by atoms with E-state index in [1.54, 1.807) is 24.3 Å². The zero-order chi connectivity index (χ0) is 13.0. The summed E-state index contributed by atoms with van der Waals surface area (Å²) in [6, 6.07) is 14.9. The van der Waals surface area contributed by atoms with Gasteiger partial charge in [-0.15, -0.1) is 0 Å². The number of carbonyl (C=O) groups is 1. The molecule has 0 aliphatic heterocycles. The highest BCUT2D eigenvalue weighted by atomic mass is 16.1. The van der Waals surface area contributed by atoms with Gasteiger partial charge in [-0.25, -0.2) is 0 Å². The molecule has 0 aliphatic rings. The van der Waals surface area contributed by atoms with Gasteiger partial charge in [0.15, 0.2) is 0 Å². The highest BCUT2D eigenvalue weighted by Gasteiger charge is 2.05. The minimum absolute atomic E-state index is 0.0850. The zero-order valence-corrected chi connectivity index (χ0v) is 10.3. The molecule has 0 saturated carbocycles. The lowest BCUT2D eigenvalue weighted by atomic mass is 10.1. The lowest BCUT2D eigenvalue weighted by Crippen LogP contribution is -2.23. The molecule has 0 aromatic heterocycles. The van der Waals surface area contributed by atoms with Crippen LogP contribution >= 0.6 is 0 Å². The molecule has 0 aliphatic carbocycles. The standard InChI is InChI=1S/C15H16N2O/c1-11-4-2-3-5-13(11)10-17-15(18)12-6-8-14(16)9-7-12/h2-9H,10,16H2,1H3,(H,17,18). The minimum atomic E-state index is -0.0850. The number of nitrogens with one attached hydrogen (secondary N) is 1. The van der Waals surface area contributed by atoms with E-state index in [4.69, 9.17) is 5.73 Å². The van der Waals surface area contributed by atoms with Crippen LogP contribution in [0.2, 0.25) is 0 Å². The third kappa shape index (κ3) is 2.88. The third-order valence-electron chi connectivity index (χ3n) is 2.87. The Bertz CT molecular complexity index is 547. The smallest absolute Gasteiger partial charge is 0.251 e. The lowest BCUT2D eigenvalue weighted by molar-refractivity contribution is 0.0951. The Labute approximate surface area is 107 Å². The van der Waals surface area contributed by atoms with Crippen LogP contribution in [0.25, 0.3) is 0 Å². The fourth-order valence-corrected chi connectivity index (χ4v) is 1.72. The first-order valence-corrected chi connectivity index (χ1v) is 5.85. The molecular formula is C15H16N2O. The number of nitrogen functional groups attached to an aromatic ring is 1. The summed E-state index contributed by atoms with van der Waals surface area (Å²) in [5.41, 5.74) is 9.16. The monoisotopic (exact) mass is 240 g/mol. The highest BCUT2D eigenvalue weighted by molar-refractivity contribution is 5.94. The van der Waals surface area contributed by atoms with Crippen molar-refractivity contribution in [3.8, 4) is 0 Å². The molecule has 0 atom stereocenters. The molecule has 3 heteroatoms. The minimum Gasteiger partial charge on any atom is -0.399 e. The number of anilines is 1. The lowest BCUT2D eigenvalue weighted by Gasteiger charge is -2.08. The molecule has 3 N–H and O–H groups in total. The zero-order valence-electron chi connectivity index (χ0n) is 10.3. The number of carbonyl (C=O) groups excluding carboxylic acids is 1. The summed E-state index contributed by atoms with van der Waals surface area (Å²) in [4.78, 5) is 11.9. The van der Waals surface area contributed by atoms with Gasteiger partial charge in [0.05, 0.1) is 0 Å². The van der Waals surface area contributed by atoms with Crippen molar-refractivity contribution in [1.82, 2.24) is 5.32 Å². The van der Waals surface area contributed by atoms with Crippen molar-refractivity contribution >= 4 is 11.6 Å². The maximum Gasteiger partial charge on any atom is 0.251 e. The van der Waals surface area contributed by atoms with Crippen molar-refractivity contribution in [3.63, 3.8) is 0 Å². The van der Waals surface area contributed by atoms with E-state index in [0.717, 1.165) is 5.56 Å². The maximum atomic E-state index is 11.9. The van der Waals surface area contributed by atoms with E-state index in [1.165, 1.54) is 5.56 Å². The normalized spacial score (nSPS) is 10.1. The van der Waals surface area contributed by atoms with Gasteiger partial charge in [0, 0.05) is 17.8 Å². The van der Waals surface area contributed by atoms with Crippen LogP contribution in [0.3, 0.4) is 0 Å². The molecular weight excluding hydrogens is 224 g/mol. The molecule has 3 nitrogen and oxygen atoms in total. The number of hydrogen-bond donors (Lipinski definition) is 2. The molecule has 2 aromatic rings. The Morgan fingerprint density at radius 2 is 1.78 bits per heavy atom. The van der Waals surface area contributed by atoms with Crippen molar-refractivity contribution in [2.75, 3.05) is 5.73 Å². The van der Waals surface area contributed by atoms with Crippen molar-refractivity contribution in [3.05, 3.63) is 65.2 Å². The van der Waals surface area contributed by atoms with Gasteiger partial charge in [0.25, 0.3) is 5.91 Å². The SMILES string of the molecule is Cc1ccccc1CNC(=O)c1ccc(N)cc1.